The Morgan fingerprint density at radius 2 is 1.65 bits per heavy atom. The van der Waals surface area contributed by atoms with Crippen LogP contribution < -0.4 is 5.32 Å². The number of nitrogens with one attached hydrogen (secondary N) is 2. The van der Waals surface area contributed by atoms with E-state index in [1.807, 2.05) is 50.2 Å². The summed E-state index contributed by atoms with van der Waals surface area (Å²) >= 11 is 0. The summed E-state index contributed by atoms with van der Waals surface area (Å²) in [4.78, 5) is 21.6. The number of aryl methyl sites for hydroxylation is 2. The average Bonchev–Trinajstić information content (AvgIpc) is 3.17. The Hall–Kier alpha value is -3.54. The summed E-state index contributed by atoms with van der Waals surface area (Å²) in [7, 11) is 0. The number of hydrogen-bond donors (Lipinski definition) is 2. The highest BCUT2D eigenvalue weighted by molar-refractivity contribution is 6.06. The Morgan fingerprint density at radius 3 is 2.35 bits per heavy atom. The van der Waals surface area contributed by atoms with Gasteiger partial charge in [0.25, 0.3) is 5.91 Å². The van der Waals surface area contributed by atoms with Crippen molar-refractivity contribution in [3.8, 4) is 11.3 Å². The Labute approximate surface area is 150 Å². The molecule has 0 spiro atoms. The molecule has 0 radical (unpaired) electrons. The first-order chi connectivity index (χ1) is 12.6. The number of hydrogen-bond acceptors (Lipinski definition) is 4. The zero-order chi connectivity index (χ0) is 18.1. The normalized spacial score (nSPS) is 10.8. The molecule has 2 heterocycles. The molecule has 2 aromatic heterocycles. The van der Waals surface area contributed by atoms with Gasteiger partial charge in [0.2, 0.25) is 0 Å². The Kier molecular flexibility index (Phi) is 3.93. The van der Waals surface area contributed by atoms with E-state index in [0.29, 0.717) is 5.56 Å². The molecule has 1 amide bonds. The number of carbonyl (C=O) groups excluding carboxylic acids is 1. The monoisotopic (exact) mass is 343 g/mol. The first-order valence-electron chi connectivity index (χ1n) is 8.26. The molecule has 6 heteroatoms. The second-order valence-electron chi connectivity index (χ2n) is 6.10. The quantitative estimate of drug-likeness (QED) is 0.591. The van der Waals surface area contributed by atoms with Crippen molar-refractivity contribution in [2.24, 2.45) is 0 Å². The van der Waals surface area contributed by atoms with Crippen molar-refractivity contribution in [2.75, 3.05) is 5.32 Å². The summed E-state index contributed by atoms with van der Waals surface area (Å²) in [6, 6.07) is 14.8. The summed E-state index contributed by atoms with van der Waals surface area (Å²) in [5, 5.41) is 9.76. The summed E-state index contributed by atoms with van der Waals surface area (Å²) in [6.45, 7) is 3.84. The van der Waals surface area contributed by atoms with Gasteiger partial charge in [0.15, 0.2) is 0 Å². The van der Waals surface area contributed by atoms with E-state index >= 15 is 0 Å². The molecular weight excluding hydrogens is 326 g/mol. The van der Waals surface area contributed by atoms with Crippen molar-refractivity contribution in [1.82, 2.24) is 20.2 Å². The number of nitrogens with zero attached hydrogens (tertiary/aromatic N) is 3. The standard InChI is InChI=1S/C20H17N5O/c1-12-13(2)23-19-11-15(5-8-18(19)22-12)20(26)24-16-6-3-14(4-7-16)17-9-10-21-25-17/h3-11H,1-2H3,(H,21,25)(H,24,26). The van der Waals surface area contributed by atoms with Crippen molar-refractivity contribution in [2.45, 2.75) is 13.8 Å². The zero-order valence-corrected chi connectivity index (χ0v) is 14.4. The van der Waals surface area contributed by atoms with Gasteiger partial charge in [-0.25, -0.2) is 9.97 Å². The van der Waals surface area contributed by atoms with E-state index in [9.17, 15) is 4.79 Å². The molecule has 0 atom stereocenters. The maximum atomic E-state index is 12.5. The van der Waals surface area contributed by atoms with Crippen molar-refractivity contribution >= 4 is 22.6 Å². The molecule has 128 valence electrons. The van der Waals surface area contributed by atoms with E-state index in [0.717, 1.165) is 39.4 Å². The molecule has 0 aliphatic carbocycles. The lowest BCUT2D eigenvalue weighted by Crippen LogP contribution is -2.12. The average molecular weight is 343 g/mol. The number of fused-ring (bicyclic) bond motifs is 1. The van der Waals surface area contributed by atoms with E-state index in [1.54, 1.807) is 18.3 Å². The fourth-order valence-corrected chi connectivity index (χ4v) is 2.72. The summed E-state index contributed by atoms with van der Waals surface area (Å²) < 4.78 is 0. The van der Waals surface area contributed by atoms with E-state index in [2.05, 4.69) is 25.5 Å². The second-order valence-corrected chi connectivity index (χ2v) is 6.10. The van der Waals surface area contributed by atoms with E-state index < -0.39 is 0 Å². The van der Waals surface area contributed by atoms with Crippen LogP contribution >= 0.6 is 0 Å². The zero-order valence-electron chi connectivity index (χ0n) is 14.4. The number of benzene rings is 2. The fraction of sp³-hybridized carbons (Fsp3) is 0.100. The number of rotatable bonds is 3. The van der Waals surface area contributed by atoms with Gasteiger partial charge in [0.1, 0.15) is 0 Å². The minimum Gasteiger partial charge on any atom is -0.322 e. The van der Waals surface area contributed by atoms with Crippen LogP contribution in [0.15, 0.2) is 54.7 Å². The van der Waals surface area contributed by atoms with Crippen LogP contribution in [0.1, 0.15) is 21.7 Å². The minimum atomic E-state index is -0.179. The summed E-state index contributed by atoms with van der Waals surface area (Å²) in [6.07, 6.45) is 1.71. The summed E-state index contributed by atoms with van der Waals surface area (Å²) in [5.74, 6) is -0.179. The SMILES string of the molecule is Cc1nc2ccc(C(=O)Nc3ccc(-c4ccn[nH]4)cc3)cc2nc1C. The van der Waals surface area contributed by atoms with Crippen LogP contribution in [0.4, 0.5) is 5.69 Å². The molecule has 4 rings (SSSR count). The highest BCUT2D eigenvalue weighted by atomic mass is 16.1. The Bertz CT molecular complexity index is 1090. The number of carbonyl (C=O) groups is 1. The molecule has 0 aliphatic heterocycles. The van der Waals surface area contributed by atoms with Crippen molar-refractivity contribution in [3.05, 3.63) is 71.7 Å². The third-order valence-electron chi connectivity index (χ3n) is 4.29. The third-order valence-corrected chi connectivity index (χ3v) is 4.29. The highest BCUT2D eigenvalue weighted by Gasteiger charge is 2.09. The van der Waals surface area contributed by atoms with Crippen LogP contribution in [0.2, 0.25) is 0 Å². The molecule has 0 aliphatic rings. The lowest BCUT2D eigenvalue weighted by atomic mass is 10.1. The Morgan fingerprint density at radius 1 is 0.923 bits per heavy atom. The lowest BCUT2D eigenvalue weighted by Gasteiger charge is -2.08. The number of aromatic nitrogens is 4. The van der Waals surface area contributed by atoms with Crippen LogP contribution in [0.3, 0.4) is 0 Å². The highest BCUT2D eigenvalue weighted by Crippen LogP contribution is 2.20. The van der Waals surface area contributed by atoms with Gasteiger partial charge in [-0.2, -0.15) is 5.10 Å². The lowest BCUT2D eigenvalue weighted by molar-refractivity contribution is 0.102. The largest absolute Gasteiger partial charge is 0.322 e. The Balaban J connectivity index is 1.56. The van der Waals surface area contributed by atoms with Crippen LogP contribution in [-0.2, 0) is 0 Å². The van der Waals surface area contributed by atoms with Crippen molar-refractivity contribution in [1.29, 1.82) is 0 Å². The van der Waals surface area contributed by atoms with Gasteiger partial charge < -0.3 is 5.32 Å². The fourth-order valence-electron chi connectivity index (χ4n) is 2.72. The van der Waals surface area contributed by atoms with E-state index in [-0.39, 0.29) is 5.91 Å². The van der Waals surface area contributed by atoms with E-state index in [1.165, 1.54) is 0 Å². The van der Waals surface area contributed by atoms with Crippen LogP contribution in [0.25, 0.3) is 22.3 Å². The van der Waals surface area contributed by atoms with Gasteiger partial charge in [0, 0.05) is 17.4 Å². The van der Waals surface area contributed by atoms with Crippen molar-refractivity contribution in [3.63, 3.8) is 0 Å². The molecule has 4 aromatic rings. The van der Waals surface area contributed by atoms with E-state index in [4.69, 9.17) is 0 Å². The number of H-pyrrole nitrogens is 1. The first kappa shape index (κ1) is 16.0. The first-order valence-corrected chi connectivity index (χ1v) is 8.26. The molecule has 2 N–H and O–H groups in total. The van der Waals surface area contributed by atoms with Gasteiger partial charge in [0.05, 0.1) is 28.1 Å². The smallest absolute Gasteiger partial charge is 0.255 e. The van der Waals surface area contributed by atoms with Crippen molar-refractivity contribution < 1.29 is 4.79 Å². The molecule has 2 aromatic carbocycles. The second kappa shape index (κ2) is 6.40. The molecule has 0 unspecified atom stereocenters. The molecule has 26 heavy (non-hydrogen) atoms. The molecular formula is C20H17N5O. The minimum absolute atomic E-state index is 0.179. The van der Waals surface area contributed by atoms with Crippen LogP contribution in [0.5, 0.6) is 0 Å². The van der Waals surface area contributed by atoms with Crippen LogP contribution in [0, 0.1) is 13.8 Å². The van der Waals surface area contributed by atoms with Gasteiger partial charge >= 0.3 is 0 Å². The number of anilines is 1. The molecule has 0 saturated heterocycles. The van der Waals surface area contributed by atoms with Gasteiger partial charge in [-0.05, 0) is 55.8 Å². The topological polar surface area (TPSA) is 83.6 Å². The number of amides is 1. The third kappa shape index (κ3) is 3.04. The van der Waals surface area contributed by atoms with Gasteiger partial charge in [-0.1, -0.05) is 12.1 Å². The molecule has 6 nitrogen and oxygen atoms in total. The predicted octanol–water partition coefficient (Wildman–Crippen LogP) is 3.89. The maximum Gasteiger partial charge on any atom is 0.255 e. The molecule has 0 saturated carbocycles. The van der Waals surface area contributed by atoms with Crippen LogP contribution in [-0.4, -0.2) is 26.1 Å². The summed E-state index contributed by atoms with van der Waals surface area (Å²) in [5.41, 5.74) is 6.48. The van der Waals surface area contributed by atoms with Gasteiger partial charge in [-0.15, -0.1) is 0 Å². The predicted molar refractivity (Wildman–Crippen MR) is 101 cm³/mol. The maximum absolute atomic E-state index is 12.5. The van der Waals surface area contributed by atoms with Gasteiger partial charge in [-0.3, -0.25) is 9.89 Å². The molecule has 0 fully saturated rings. The molecule has 0 bridgehead atoms. The number of aromatic amines is 1.